The summed E-state index contributed by atoms with van der Waals surface area (Å²) in [5.74, 6) is 0.0206. The van der Waals surface area contributed by atoms with E-state index in [0.717, 1.165) is 16.9 Å². The first-order valence-corrected chi connectivity index (χ1v) is 7.62. The van der Waals surface area contributed by atoms with Gasteiger partial charge in [-0.05, 0) is 31.5 Å². The van der Waals surface area contributed by atoms with Gasteiger partial charge in [0.05, 0.1) is 5.70 Å². The Labute approximate surface area is 132 Å². The topological polar surface area (TPSA) is 32.3 Å². The molecule has 0 spiro atoms. The van der Waals surface area contributed by atoms with Crippen LogP contribution in [0.5, 0.6) is 0 Å². The largest absolute Gasteiger partial charge is 0.355 e. The number of hydrogen-bond acceptors (Lipinski definition) is 2. The number of benzene rings is 2. The van der Waals surface area contributed by atoms with Crippen LogP contribution >= 0.6 is 0 Å². The molecule has 0 aliphatic carbocycles. The maximum Gasteiger partial charge on any atom is 0.248 e. The van der Waals surface area contributed by atoms with Crippen LogP contribution in [0.15, 0.2) is 66.7 Å². The van der Waals surface area contributed by atoms with Gasteiger partial charge >= 0.3 is 0 Å². The molecule has 0 fully saturated rings. The van der Waals surface area contributed by atoms with Gasteiger partial charge in [0.15, 0.2) is 0 Å². The van der Waals surface area contributed by atoms with Gasteiger partial charge in [-0.15, -0.1) is 0 Å². The van der Waals surface area contributed by atoms with Crippen molar-refractivity contribution >= 4 is 17.3 Å². The third-order valence-corrected chi connectivity index (χ3v) is 3.48. The molecule has 0 aliphatic rings. The number of likely N-dealkylation sites (N-methyl/N-ethyl adjacent to an activating group) is 1. The Balaban J connectivity index is 2.31. The number of anilines is 1. The molecule has 22 heavy (non-hydrogen) atoms. The molecule has 2 rings (SSSR count). The summed E-state index contributed by atoms with van der Waals surface area (Å²) in [5.41, 5.74) is 2.76. The quantitative estimate of drug-likeness (QED) is 0.816. The smallest absolute Gasteiger partial charge is 0.248 e. The van der Waals surface area contributed by atoms with E-state index in [1.165, 1.54) is 0 Å². The molecule has 0 bridgehead atoms. The highest BCUT2D eigenvalue weighted by atomic mass is 16.2. The molecule has 1 amide bonds. The van der Waals surface area contributed by atoms with Crippen LogP contribution in [0.1, 0.15) is 19.4 Å². The first-order chi connectivity index (χ1) is 10.7. The SMILES string of the molecule is CCN(CC)C(=O)/C=C(\Nc1ccccc1)c1ccccc1. The van der Waals surface area contributed by atoms with Crippen LogP contribution in [0.25, 0.3) is 5.70 Å². The highest BCUT2D eigenvalue weighted by Crippen LogP contribution is 2.18. The molecule has 2 aromatic carbocycles. The summed E-state index contributed by atoms with van der Waals surface area (Å²) < 4.78 is 0. The van der Waals surface area contributed by atoms with Crippen LogP contribution in [0.3, 0.4) is 0 Å². The van der Waals surface area contributed by atoms with Crippen molar-refractivity contribution in [1.82, 2.24) is 4.90 Å². The van der Waals surface area contributed by atoms with E-state index < -0.39 is 0 Å². The summed E-state index contributed by atoms with van der Waals surface area (Å²) in [7, 11) is 0. The predicted molar refractivity (Wildman–Crippen MR) is 92.4 cm³/mol. The summed E-state index contributed by atoms with van der Waals surface area (Å²) in [6, 6.07) is 19.8. The van der Waals surface area contributed by atoms with Gasteiger partial charge in [-0.25, -0.2) is 0 Å². The van der Waals surface area contributed by atoms with Crippen molar-refractivity contribution in [2.24, 2.45) is 0 Å². The average molecular weight is 294 g/mol. The maximum absolute atomic E-state index is 12.4. The number of nitrogens with zero attached hydrogens (tertiary/aromatic N) is 1. The van der Waals surface area contributed by atoms with Crippen LogP contribution in [-0.2, 0) is 4.79 Å². The number of carbonyl (C=O) groups is 1. The third-order valence-electron chi connectivity index (χ3n) is 3.48. The fourth-order valence-corrected chi connectivity index (χ4v) is 2.24. The molecule has 0 saturated carbocycles. The maximum atomic E-state index is 12.4. The molecule has 0 heterocycles. The first-order valence-electron chi connectivity index (χ1n) is 7.62. The van der Waals surface area contributed by atoms with Crippen molar-refractivity contribution in [2.45, 2.75) is 13.8 Å². The van der Waals surface area contributed by atoms with Crippen LogP contribution in [0.2, 0.25) is 0 Å². The lowest BCUT2D eigenvalue weighted by atomic mass is 10.1. The van der Waals surface area contributed by atoms with E-state index >= 15 is 0 Å². The second-order valence-corrected chi connectivity index (χ2v) is 4.93. The lowest BCUT2D eigenvalue weighted by molar-refractivity contribution is -0.125. The number of carbonyl (C=O) groups excluding carboxylic acids is 1. The molecule has 3 heteroatoms. The Morgan fingerprint density at radius 3 is 2.05 bits per heavy atom. The number of para-hydroxylation sites is 1. The molecule has 0 radical (unpaired) electrons. The van der Waals surface area contributed by atoms with E-state index in [2.05, 4.69) is 5.32 Å². The van der Waals surface area contributed by atoms with Crippen molar-refractivity contribution in [1.29, 1.82) is 0 Å². The lowest BCUT2D eigenvalue weighted by Crippen LogP contribution is -2.29. The van der Waals surface area contributed by atoms with Crippen LogP contribution in [0, 0.1) is 0 Å². The molecular formula is C19H22N2O. The molecule has 2 aromatic rings. The zero-order chi connectivity index (χ0) is 15.8. The standard InChI is InChI=1S/C19H22N2O/c1-3-21(4-2)19(22)15-18(16-11-7-5-8-12-16)20-17-13-9-6-10-14-17/h5-15,20H,3-4H2,1-2H3/b18-15-. The number of amides is 1. The predicted octanol–water partition coefficient (Wildman–Crippen LogP) is 4.01. The summed E-state index contributed by atoms with van der Waals surface area (Å²) in [6.45, 7) is 5.39. The Kier molecular flexibility index (Phi) is 5.78. The Bertz CT molecular complexity index is 616. The summed E-state index contributed by atoms with van der Waals surface area (Å²) in [4.78, 5) is 14.2. The van der Waals surface area contributed by atoms with Crippen molar-refractivity contribution in [2.75, 3.05) is 18.4 Å². The summed E-state index contributed by atoms with van der Waals surface area (Å²) in [6.07, 6.45) is 1.68. The Morgan fingerprint density at radius 1 is 0.955 bits per heavy atom. The summed E-state index contributed by atoms with van der Waals surface area (Å²) >= 11 is 0. The first kappa shape index (κ1) is 15.8. The van der Waals surface area contributed by atoms with Gasteiger partial charge in [-0.1, -0.05) is 48.5 Å². The van der Waals surface area contributed by atoms with E-state index in [1.54, 1.807) is 11.0 Å². The Morgan fingerprint density at radius 2 is 1.50 bits per heavy atom. The zero-order valence-electron chi connectivity index (χ0n) is 13.1. The van der Waals surface area contributed by atoms with Crippen molar-refractivity contribution in [3.05, 3.63) is 72.3 Å². The monoisotopic (exact) mass is 294 g/mol. The van der Waals surface area contributed by atoms with E-state index in [-0.39, 0.29) is 5.91 Å². The molecule has 114 valence electrons. The number of rotatable bonds is 6. The van der Waals surface area contributed by atoms with Gasteiger partial charge in [0.1, 0.15) is 0 Å². The normalized spacial score (nSPS) is 11.1. The zero-order valence-corrected chi connectivity index (χ0v) is 13.1. The van der Waals surface area contributed by atoms with E-state index in [0.29, 0.717) is 13.1 Å². The van der Waals surface area contributed by atoms with Crippen LogP contribution in [-0.4, -0.2) is 23.9 Å². The van der Waals surface area contributed by atoms with Crippen molar-refractivity contribution in [3.63, 3.8) is 0 Å². The molecule has 0 unspecified atom stereocenters. The molecule has 0 atom stereocenters. The lowest BCUT2D eigenvalue weighted by Gasteiger charge is -2.18. The van der Waals surface area contributed by atoms with Crippen molar-refractivity contribution in [3.8, 4) is 0 Å². The summed E-state index contributed by atoms with van der Waals surface area (Å²) in [5, 5.41) is 3.34. The molecular weight excluding hydrogens is 272 g/mol. The fraction of sp³-hybridized carbons (Fsp3) is 0.211. The third kappa shape index (κ3) is 4.22. The second-order valence-electron chi connectivity index (χ2n) is 4.93. The van der Waals surface area contributed by atoms with E-state index in [4.69, 9.17) is 0 Å². The molecule has 0 aromatic heterocycles. The van der Waals surface area contributed by atoms with E-state index in [1.807, 2.05) is 74.5 Å². The van der Waals surface area contributed by atoms with Crippen LogP contribution in [0.4, 0.5) is 5.69 Å². The molecule has 3 nitrogen and oxygen atoms in total. The molecule has 0 saturated heterocycles. The average Bonchev–Trinajstić information content (AvgIpc) is 2.57. The van der Waals surface area contributed by atoms with Gasteiger partial charge < -0.3 is 10.2 Å². The van der Waals surface area contributed by atoms with Gasteiger partial charge in [-0.2, -0.15) is 0 Å². The molecule has 1 N–H and O–H groups in total. The second kappa shape index (κ2) is 8.03. The number of hydrogen-bond donors (Lipinski definition) is 1. The minimum absolute atomic E-state index is 0.0206. The van der Waals surface area contributed by atoms with Crippen molar-refractivity contribution < 1.29 is 4.79 Å². The number of nitrogens with one attached hydrogen (secondary N) is 1. The highest BCUT2D eigenvalue weighted by molar-refractivity contribution is 5.97. The minimum atomic E-state index is 0.0206. The van der Waals surface area contributed by atoms with E-state index in [9.17, 15) is 4.79 Å². The fourth-order valence-electron chi connectivity index (χ4n) is 2.24. The van der Waals surface area contributed by atoms with Gasteiger partial charge in [0.2, 0.25) is 5.91 Å². The van der Waals surface area contributed by atoms with Gasteiger partial charge in [0.25, 0.3) is 0 Å². The van der Waals surface area contributed by atoms with Gasteiger partial charge in [-0.3, -0.25) is 4.79 Å². The van der Waals surface area contributed by atoms with Gasteiger partial charge in [0, 0.05) is 24.9 Å². The highest BCUT2D eigenvalue weighted by Gasteiger charge is 2.10. The Hall–Kier alpha value is -2.55. The molecule has 0 aliphatic heterocycles. The van der Waals surface area contributed by atoms with Crippen LogP contribution < -0.4 is 5.32 Å². The minimum Gasteiger partial charge on any atom is -0.355 e.